The number of nitrogens with zero attached hydrogens (tertiary/aromatic N) is 5. The molecule has 0 aromatic carbocycles. The van der Waals surface area contributed by atoms with Gasteiger partial charge in [-0.1, -0.05) is 6.07 Å². The van der Waals surface area contributed by atoms with Crippen LogP contribution in [0.4, 0.5) is 5.69 Å². The second-order valence-electron chi connectivity index (χ2n) is 6.40. The van der Waals surface area contributed by atoms with Gasteiger partial charge in [0.1, 0.15) is 10.8 Å². The Morgan fingerprint density at radius 3 is 2.77 bits per heavy atom. The Balaban J connectivity index is 0.00000320. The summed E-state index contributed by atoms with van der Waals surface area (Å²) < 4.78 is 28.8. The van der Waals surface area contributed by atoms with Crippen LogP contribution in [0.2, 0.25) is 0 Å². The molecule has 0 saturated carbocycles. The van der Waals surface area contributed by atoms with Crippen LogP contribution in [0.15, 0.2) is 39.1 Å². The molecule has 0 aliphatic carbocycles. The first-order valence-corrected chi connectivity index (χ1v) is 11.6. The van der Waals surface area contributed by atoms with Gasteiger partial charge in [-0.3, -0.25) is 14.5 Å². The standard InChI is InChI=1S/C17H25N7O3S2.HI/c1-3-18-17(19-6-7-21-29(26,27)16-5-4-10-28-16)23-8-9-24(15(25)13-23)14-11-20-22(2)12-14;/h4-5,10-12,21H,3,6-9,13H2,1-2H3,(H,18,19);1H. The predicted octanol–water partition coefficient (Wildman–Crippen LogP) is 0.692. The number of carbonyl (C=O) groups excluding carboxylic acids is 1. The van der Waals surface area contributed by atoms with Gasteiger partial charge >= 0.3 is 0 Å². The summed E-state index contributed by atoms with van der Waals surface area (Å²) in [6, 6.07) is 3.26. The highest BCUT2D eigenvalue weighted by Crippen LogP contribution is 2.16. The van der Waals surface area contributed by atoms with Gasteiger partial charge in [0.05, 0.1) is 18.4 Å². The lowest BCUT2D eigenvalue weighted by molar-refractivity contribution is -0.120. The molecular weight excluding hydrogens is 541 g/mol. The van der Waals surface area contributed by atoms with E-state index in [0.717, 1.165) is 5.69 Å². The van der Waals surface area contributed by atoms with Crippen LogP contribution in [0.5, 0.6) is 0 Å². The van der Waals surface area contributed by atoms with Crippen LogP contribution in [-0.4, -0.2) is 74.2 Å². The van der Waals surface area contributed by atoms with Crippen LogP contribution in [-0.2, 0) is 21.9 Å². The number of halogens is 1. The van der Waals surface area contributed by atoms with Gasteiger partial charge in [-0.25, -0.2) is 13.1 Å². The first-order valence-electron chi connectivity index (χ1n) is 9.26. The van der Waals surface area contributed by atoms with Gasteiger partial charge in [0.2, 0.25) is 15.9 Å². The van der Waals surface area contributed by atoms with Crippen LogP contribution in [0.25, 0.3) is 0 Å². The van der Waals surface area contributed by atoms with Crippen LogP contribution in [0.3, 0.4) is 0 Å². The normalized spacial score (nSPS) is 15.3. The van der Waals surface area contributed by atoms with E-state index < -0.39 is 10.0 Å². The molecule has 2 aromatic heterocycles. The number of amides is 1. The summed E-state index contributed by atoms with van der Waals surface area (Å²) >= 11 is 1.17. The van der Waals surface area contributed by atoms with E-state index in [2.05, 4.69) is 20.1 Å². The van der Waals surface area contributed by atoms with Crippen molar-refractivity contribution in [2.45, 2.75) is 11.1 Å². The van der Waals surface area contributed by atoms with E-state index in [9.17, 15) is 13.2 Å². The molecule has 1 amide bonds. The summed E-state index contributed by atoms with van der Waals surface area (Å²) in [4.78, 5) is 20.7. The molecule has 0 spiro atoms. The Bertz CT molecular complexity index is 960. The van der Waals surface area contributed by atoms with Crippen molar-refractivity contribution in [3.63, 3.8) is 0 Å². The number of carbonyl (C=O) groups is 1. The van der Waals surface area contributed by atoms with Crippen molar-refractivity contribution in [1.29, 1.82) is 0 Å². The van der Waals surface area contributed by atoms with Gasteiger partial charge in [0.15, 0.2) is 5.96 Å². The molecule has 3 heterocycles. The molecule has 10 nitrogen and oxygen atoms in total. The molecule has 0 radical (unpaired) electrons. The summed E-state index contributed by atoms with van der Waals surface area (Å²) in [7, 11) is -1.69. The van der Waals surface area contributed by atoms with Crippen LogP contribution in [0.1, 0.15) is 6.92 Å². The van der Waals surface area contributed by atoms with Crippen molar-refractivity contribution in [3.8, 4) is 0 Å². The molecule has 0 atom stereocenters. The fourth-order valence-electron chi connectivity index (χ4n) is 2.93. The van der Waals surface area contributed by atoms with Crippen molar-refractivity contribution < 1.29 is 13.2 Å². The number of sulfonamides is 1. The fraction of sp³-hybridized carbons (Fsp3) is 0.471. The lowest BCUT2D eigenvalue weighted by atomic mass is 10.3. The maximum Gasteiger partial charge on any atom is 0.250 e. The summed E-state index contributed by atoms with van der Waals surface area (Å²) in [5.74, 6) is 0.565. The zero-order valence-corrected chi connectivity index (χ0v) is 20.8. The Morgan fingerprint density at radius 2 is 2.17 bits per heavy atom. The minimum Gasteiger partial charge on any atom is -0.357 e. The van der Waals surface area contributed by atoms with Crippen LogP contribution in [0, 0.1) is 0 Å². The SMILES string of the molecule is CCNC(=NCCNS(=O)(=O)c1cccs1)N1CCN(c2cnn(C)c2)C(=O)C1.I. The number of rotatable bonds is 7. The van der Waals surface area contributed by atoms with Gasteiger partial charge in [0.25, 0.3) is 0 Å². The van der Waals surface area contributed by atoms with E-state index in [1.807, 2.05) is 25.1 Å². The highest BCUT2D eigenvalue weighted by Gasteiger charge is 2.27. The molecule has 30 heavy (non-hydrogen) atoms. The maximum absolute atomic E-state index is 12.6. The number of nitrogens with one attached hydrogen (secondary N) is 2. The largest absolute Gasteiger partial charge is 0.357 e. The van der Waals surface area contributed by atoms with E-state index in [1.165, 1.54) is 11.3 Å². The minimum atomic E-state index is -3.50. The molecule has 3 rings (SSSR count). The Labute approximate surface area is 197 Å². The summed E-state index contributed by atoms with van der Waals surface area (Å²) in [6.45, 7) is 4.39. The zero-order valence-electron chi connectivity index (χ0n) is 16.8. The third kappa shape index (κ3) is 6.15. The monoisotopic (exact) mass is 567 g/mol. The number of piperazine rings is 1. The summed E-state index contributed by atoms with van der Waals surface area (Å²) in [5.41, 5.74) is 0.780. The van der Waals surface area contributed by atoms with E-state index in [0.29, 0.717) is 25.6 Å². The first kappa shape index (κ1) is 24.6. The number of aromatic nitrogens is 2. The zero-order chi connectivity index (χ0) is 20.9. The minimum absolute atomic E-state index is 0. The second kappa shape index (κ2) is 11.1. The van der Waals surface area contributed by atoms with Crippen molar-refractivity contribution in [3.05, 3.63) is 29.9 Å². The highest BCUT2D eigenvalue weighted by atomic mass is 127. The molecular formula is C17H26IN7O3S2. The molecule has 13 heteroatoms. The van der Waals surface area contributed by atoms with Gasteiger partial charge in [-0.2, -0.15) is 5.10 Å². The third-order valence-electron chi connectivity index (χ3n) is 4.28. The molecule has 2 aromatic rings. The Kier molecular flexibility index (Phi) is 9.06. The number of aryl methyl sites for hydroxylation is 1. The van der Waals surface area contributed by atoms with Crippen molar-refractivity contribution in [1.82, 2.24) is 24.7 Å². The van der Waals surface area contributed by atoms with Gasteiger partial charge in [-0.05, 0) is 18.4 Å². The number of hydrogen-bond acceptors (Lipinski definition) is 6. The number of thiophene rings is 1. The number of guanidine groups is 1. The van der Waals surface area contributed by atoms with Crippen LogP contribution < -0.4 is 14.9 Å². The van der Waals surface area contributed by atoms with E-state index in [-0.39, 0.29) is 53.7 Å². The number of anilines is 1. The molecule has 1 aliphatic rings. The lowest BCUT2D eigenvalue weighted by Gasteiger charge is -2.35. The van der Waals surface area contributed by atoms with E-state index >= 15 is 0 Å². The van der Waals surface area contributed by atoms with Gasteiger partial charge in [0, 0.05) is 39.4 Å². The smallest absolute Gasteiger partial charge is 0.250 e. The first-order chi connectivity index (χ1) is 13.9. The molecule has 2 N–H and O–H groups in total. The summed E-state index contributed by atoms with van der Waals surface area (Å²) in [5, 5.41) is 9.01. The average Bonchev–Trinajstić information content (AvgIpc) is 3.36. The second-order valence-corrected chi connectivity index (χ2v) is 9.35. The van der Waals surface area contributed by atoms with Crippen LogP contribution >= 0.6 is 35.3 Å². The predicted molar refractivity (Wildman–Crippen MR) is 128 cm³/mol. The lowest BCUT2D eigenvalue weighted by Crippen LogP contribution is -2.55. The average molecular weight is 567 g/mol. The third-order valence-corrected chi connectivity index (χ3v) is 7.14. The van der Waals surface area contributed by atoms with Crippen molar-refractivity contribution in [2.75, 3.05) is 44.2 Å². The molecule has 1 fully saturated rings. The quantitative estimate of drug-likeness (QED) is 0.221. The van der Waals surface area contributed by atoms with Crippen molar-refractivity contribution >= 4 is 62.9 Å². The molecule has 166 valence electrons. The van der Waals surface area contributed by atoms with Crippen molar-refractivity contribution in [2.24, 2.45) is 12.0 Å². The van der Waals surface area contributed by atoms with E-state index in [4.69, 9.17) is 0 Å². The molecule has 1 saturated heterocycles. The fourth-order valence-corrected chi connectivity index (χ4v) is 4.99. The molecule has 1 aliphatic heterocycles. The summed E-state index contributed by atoms with van der Waals surface area (Å²) in [6.07, 6.45) is 3.49. The van der Waals surface area contributed by atoms with E-state index in [1.54, 1.807) is 33.3 Å². The molecule has 0 unspecified atom stereocenters. The molecule has 0 bridgehead atoms. The van der Waals surface area contributed by atoms with Gasteiger partial charge in [-0.15, -0.1) is 35.3 Å². The highest BCUT2D eigenvalue weighted by molar-refractivity contribution is 14.0. The Morgan fingerprint density at radius 1 is 1.37 bits per heavy atom. The maximum atomic E-state index is 12.6. The number of hydrogen-bond donors (Lipinski definition) is 2. The topological polar surface area (TPSA) is 112 Å². The van der Waals surface area contributed by atoms with Gasteiger partial charge < -0.3 is 15.1 Å². The number of aliphatic imine (C=N–C) groups is 1. The Hall–Kier alpha value is -1.71.